The highest BCUT2D eigenvalue weighted by Crippen LogP contribution is 1.80. The molecule has 0 fully saturated rings. The van der Waals surface area contributed by atoms with Gasteiger partial charge < -0.3 is 5.21 Å². The minimum atomic E-state index is -4.07. The van der Waals surface area contributed by atoms with Gasteiger partial charge in [-0.2, -0.15) is 0 Å². The molecule has 0 amide bonds. The summed E-state index contributed by atoms with van der Waals surface area (Å²) in [5.41, 5.74) is 0. The van der Waals surface area contributed by atoms with Crippen LogP contribution in [0, 0.1) is 0 Å². The standard InChI is InChI=1S/C2H5NO4S/c1-2(4)8(6,7)3-5/h3,5H,1H3. The van der Waals surface area contributed by atoms with Crippen LogP contribution in [0.25, 0.3) is 0 Å². The summed E-state index contributed by atoms with van der Waals surface area (Å²) in [7, 11) is -4.07. The van der Waals surface area contributed by atoms with Crippen molar-refractivity contribution in [3.63, 3.8) is 0 Å². The summed E-state index contributed by atoms with van der Waals surface area (Å²) in [5.74, 6) is 0. The van der Waals surface area contributed by atoms with Crippen LogP contribution in [0.3, 0.4) is 0 Å². The van der Waals surface area contributed by atoms with Gasteiger partial charge >= 0.3 is 0 Å². The van der Waals surface area contributed by atoms with Gasteiger partial charge in [0.15, 0.2) is 0 Å². The molecule has 0 aromatic carbocycles. The molecule has 0 saturated heterocycles. The maximum absolute atomic E-state index is 9.99. The normalized spacial score (nSPS) is 11.2. The lowest BCUT2D eigenvalue weighted by molar-refractivity contribution is -0.110. The molecule has 0 rings (SSSR count). The van der Waals surface area contributed by atoms with E-state index >= 15 is 0 Å². The number of nitrogens with one attached hydrogen (secondary N) is 1. The summed E-state index contributed by atoms with van der Waals surface area (Å²) in [6.07, 6.45) is 0. The van der Waals surface area contributed by atoms with E-state index in [0.717, 1.165) is 11.8 Å². The van der Waals surface area contributed by atoms with E-state index in [2.05, 4.69) is 0 Å². The van der Waals surface area contributed by atoms with Crippen LogP contribution < -0.4 is 4.89 Å². The van der Waals surface area contributed by atoms with Crippen molar-refractivity contribution in [3.8, 4) is 0 Å². The lowest BCUT2D eigenvalue weighted by atomic mass is 10.9. The Labute approximate surface area is 46.3 Å². The molecule has 2 N–H and O–H groups in total. The zero-order chi connectivity index (χ0) is 6.78. The van der Waals surface area contributed by atoms with Crippen molar-refractivity contribution in [2.75, 3.05) is 0 Å². The molecule has 0 saturated carbocycles. The second-order valence-corrected chi connectivity index (χ2v) is 2.85. The van der Waals surface area contributed by atoms with Crippen LogP contribution in [0.2, 0.25) is 0 Å². The number of carbonyl (C=O) groups is 1. The molecule has 0 bridgehead atoms. The Kier molecular flexibility index (Phi) is 2.08. The van der Waals surface area contributed by atoms with Crippen molar-refractivity contribution >= 4 is 15.1 Å². The zero-order valence-electron chi connectivity index (χ0n) is 4.08. The fourth-order valence-electron chi connectivity index (χ4n) is 0.0643. The summed E-state index contributed by atoms with van der Waals surface area (Å²) >= 11 is 0. The Bertz CT molecular complexity index is 180. The lowest BCUT2D eigenvalue weighted by Crippen LogP contribution is -2.25. The lowest BCUT2D eigenvalue weighted by Gasteiger charge is -1.90. The summed E-state index contributed by atoms with van der Waals surface area (Å²) in [4.78, 5) is 10.7. The summed E-state index contributed by atoms with van der Waals surface area (Å²) in [6.45, 7) is 0.832. The largest absolute Gasteiger partial charge is 0.302 e. The predicted octanol–water partition coefficient (Wildman–Crippen LogP) is -1.16. The van der Waals surface area contributed by atoms with Gasteiger partial charge in [-0.1, -0.05) is 4.89 Å². The van der Waals surface area contributed by atoms with Gasteiger partial charge in [0, 0.05) is 6.92 Å². The molecule has 0 heterocycles. The highest BCUT2D eigenvalue weighted by atomic mass is 32.2. The Morgan fingerprint density at radius 1 is 1.62 bits per heavy atom. The number of hydrogen-bond acceptors (Lipinski definition) is 4. The second-order valence-electron chi connectivity index (χ2n) is 1.09. The molecule has 0 unspecified atom stereocenters. The third-order valence-corrected chi connectivity index (χ3v) is 1.50. The van der Waals surface area contributed by atoms with E-state index in [1.165, 1.54) is 0 Å². The van der Waals surface area contributed by atoms with Crippen LogP contribution in [-0.4, -0.2) is 18.7 Å². The number of sulfonamides is 1. The van der Waals surface area contributed by atoms with Crippen molar-refractivity contribution < 1.29 is 18.4 Å². The van der Waals surface area contributed by atoms with E-state index in [1.807, 2.05) is 0 Å². The van der Waals surface area contributed by atoms with Crippen molar-refractivity contribution in [1.29, 1.82) is 0 Å². The molecule has 0 aromatic rings. The van der Waals surface area contributed by atoms with E-state index in [1.54, 1.807) is 0 Å². The van der Waals surface area contributed by atoms with E-state index < -0.39 is 15.1 Å². The molecular weight excluding hydrogens is 134 g/mol. The minimum Gasteiger partial charge on any atom is -0.302 e. The van der Waals surface area contributed by atoms with Crippen LogP contribution in [0.1, 0.15) is 6.92 Å². The Morgan fingerprint density at radius 3 is 2.00 bits per heavy atom. The quantitative estimate of drug-likeness (QED) is 0.449. The third kappa shape index (κ3) is 1.57. The molecule has 0 aliphatic carbocycles. The highest BCUT2D eigenvalue weighted by Gasteiger charge is 2.13. The molecule has 6 heteroatoms. The Morgan fingerprint density at radius 2 is 2.00 bits per heavy atom. The summed E-state index contributed by atoms with van der Waals surface area (Å²) < 4.78 is 20.0. The number of rotatable bonds is 1. The molecule has 5 nitrogen and oxygen atoms in total. The van der Waals surface area contributed by atoms with E-state index in [0.29, 0.717) is 0 Å². The van der Waals surface area contributed by atoms with E-state index in [9.17, 15) is 13.2 Å². The van der Waals surface area contributed by atoms with Gasteiger partial charge in [-0.25, -0.2) is 8.42 Å². The maximum Gasteiger partial charge on any atom is 0.295 e. The molecule has 0 spiro atoms. The van der Waals surface area contributed by atoms with Crippen molar-refractivity contribution in [3.05, 3.63) is 0 Å². The second kappa shape index (κ2) is 2.21. The van der Waals surface area contributed by atoms with Crippen molar-refractivity contribution in [1.82, 2.24) is 4.89 Å². The Hall–Kier alpha value is -0.460. The first-order chi connectivity index (χ1) is 3.50. The molecule has 8 heavy (non-hydrogen) atoms. The van der Waals surface area contributed by atoms with Crippen LogP contribution in [-0.2, 0) is 14.8 Å². The SMILES string of the molecule is CC(=O)S(=O)(=O)NO. The third-order valence-electron chi connectivity index (χ3n) is 0.499. The monoisotopic (exact) mass is 139 g/mol. The fourth-order valence-corrected chi connectivity index (χ4v) is 0.193. The highest BCUT2D eigenvalue weighted by molar-refractivity contribution is 8.04. The molecule has 0 atom stereocenters. The fraction of sp³-hybridized carbons (Fsp3) is 0.500. The first-order valence-electron chi connectivity index (χ1n) is 1.67. The van der Waals surface area contributed by atoms with Gasteiger partial charge in [0.25, 0.3) is 15.1 Å². The Balaban J connectivity index is 4.42. The number of carbonyl (C=O) groups excluding carboxylic acids is 1. The minimum absolute atomic E-state index is 0.832. The smallest absolute Gasteiger partial charge is 0.295 e. The predicted molar refractivity (Wildman–Crippen MR) is 24.5 cm³/mol. The molecular formula is C2H5NO4S. The van der Waals surface area contributed by atoms with Gasteiger partial charge in [0.2, 0.25) is 0 Å². The molecule has 0 radical (unpaired) electrons. The molecule has 0 aliphatic rings. The zero-order valence-corrected chi connectivity index (χ0v) is 4.90. The van der Waals surface area contributed by atoms with Crippen LogP contribution in [0.15, 0.2) is 0 Å². The van der Waals surface area contributed by atoms with E-state index in [4.69, 9.17) is 5.21 Å². The maximum atomic E-state index is 9.99. The van der Waals surface area contributed by atoms with Crippen molar-refractivity contribution in [2.24, 2.45) is 0 Å². The first kappa shape index (κ1) is 7.54. The van der Waals surface area contributed by atoms with Crippen molar-refractivity contribution in [2.45, 2.75) is 6.92 Å². The van der Waals surface area contributed by atoms with Crippen LogP contribution in [0.5, 0.6) is 0 Å². The van der Waals surface area contributed by atoms with E-state index in [-0.39, 0.29) is 0 Å². The average Bonchev–Trinajstić information content (AvgIpc) is 1.67. The first-order valence-corrected chi connectivity index (χ1v) is 3.15. The van der Waals surface area contributed by atoms with Crippen LogP contribution in [0.4, 0.5) is 0 Å². The van der Waals surface area contributed by atoms with Gasteiger partial charge in [0.1, 0.15) is 0 Å². The summed E-state index contributed by atoms with van der Waals surface area (Å²) in [5, 5.41) is 6.59. The van der Waals surface area contributed by atoms with Gasteiger partial charge in [-0.15, -0.1) is 0 Å². The van der Waals surface area contributed by atoms with Gasteiger partial charge in [-0.05, 0) is 0 Å². The van der Waals surface area contributed by atoms with Crippen LogP contribution >= 0.6 is 0 Å². The summed E-state index contributed by atoms with van der Waals surface area (Å²) in [6, 6.07) is 0. The van der Waals surface area contributed by atoms with Gasteiger partial charge in [-0.3, -0.25) is 4.79 Å². The molecule has 0 aromatic heterocycles. The number of hydrogen-bond donors (Lipinski definition) is 2. The average molecular weight is 139 g/mol. The topological polar surface area (TPSA) is 83.5 Å². The molecule has 48 valence electrons. The van der Waals surface area contributed by atoms with Gasteiger partial charge in [0.05, 0.1) is 0 Å². The molecule has 0 aliphatic heterocycles.